The quantitative estimate of drug-likeness (QED) is 0.738. The van der Waals surface area contributed by atoms with Gasteiger partial charge in [0.2, 0.25) is 0 Å². The fourth-order valence-electron chi connectivity index (χ4n) is 3.38. The van der Waals surface area contributed by atoms with Crippen molar-refractivity contribution in [3.63, 3.8) is 0 Å². The number of allylic oxidation sites excluding steroid dienone is 1. The Hall–Kier alpha value is -1.07. The largest absolute Gasteiger partial charge is 0.444 e. The molecule has 5 heteroatoms. The van der Waals surface area contributed by atoms with Gasteiger partial charge in [-0.3, -0.25) is 4.90 Å². The number of carbonyl (C=O) groups excluding carboxylic acids is 1. The minimum absolute atomic E-state index is 0.115. The maximum Gasteiger partial charge on any atom is 0.412 e. The molecule has 0 spiro atoms. The normalized spacial score (nSPS) is 24.6. The van der Waals surface area contributed by atoms with Gasteiger partial charge in [0, 0.05) is 6.61 Å². The summed E-state index contributed by atoms with van der Waals surface area (Å²) in [5, 5.41) is 9.38. The first-order chi connectivity index (χ1) is 11.2. The topological polar surface area (TPSA) is 59.0 Å². The molecular formula is C20H37NO4. The monoisotopic (exact) mass is 355 g/mol. The lowest BCUT2D eigenvalue weighted by Gasteiger charge is -2.38. The molecule has 0 saturated carbocycles. The molecule has 0 aromatic rings. The number of carbonyl (C=O) groups is 1. The van der Waals surface area contributed by atoms with Gasteiger partial charge in [-0.15, -0.1) is 0 Å². The van der Waals surface area contributed by atoms with Gasteiger partial charge in [0.1, 0.15) is 17.4 Å². The number of hydrogen-bond donors (Lipinski definition) is 1. The number of aliphatic hydroxyl groups excluding tert-OH is 1. The molecule has 5 nitrogen and oxygen atoms in total. The predicted molar refractivity (Wildman–Crippen MR) is 100 cm³/mol. The lowest BCUT2D eigenvalue weighted by Crippen LogP contribution is -2.51. The number of aliphatic hydroxyl groups is 1. The van der Waals surface area contributed by atoms with E-state index in [4.69, 9.17) is 9.47 Å². The van der Waals surface area contributed by atoms with Crippen LogP contribution in [0.25, 0.3) is 0 Å². The third-order valence-corrected chi connectivity index (χ3v) is 4.72. The average Bonchev–Trinajstić information content (AvgIpc) is 2.66. The summed E-state index contributed by atoms with van der Waals surface area (Å²) in [6.07, 6.45) is 2.91. The van der Waals surface area contributed by atoms with Crippen molar-refractivity contribution in [1.82, 2.24) is 4.90 Å². The summed E-state index contributed by atoms with van der Waals surface area (Å²) < 4.78 is 11.9. The SMILES string of the molecule is CC=C(C)[C@@H]1OC(C)(C)N(C(=O)OC(C)(C)C)[C@H]1CC(C)(C)CCO. The van der Waals surface area contributed by atoms with Gasteiger partial charge in [0.25, 0.3) is 0 Å². The molecule has 1 heterocycles. The van der Waals surface area contributed by atoms with Crippen LogP contribution in [0, 0.1) is 5.41 Å². The minimum atomic E-state index is -0.753. The molecule has 1 rings (SSSR count). The van der Waals surface area contributed by atoms with Crippen LogP contribution in [0.1, 0.15) is 75.2 Å². The lowest BCUT2D eigenvalue weighted by molar-refractivity contribution is -0.0736. The highest BCUT2D eigenvalue weighted by atomic mass is 16.6. The first-order valence-electron chi connectivity index (χ1n) is 9.18. The summed E-state index contributed by atoms with van der Waals surface area (Å²) in [6, 6.07) is -0.136. The average molecular weight is 356 g/mol. The summed E-state index contributed by atoms with van der Waals surface area (Å²) in [4.78, 5) is 14.7. The van der Waals surface area contributed by atoms with Crippen LogP contribution in [0.5, 0.6) is 0 Å². The third kappa shape index (κ3) is 5.71. The Bertz CT molecular complexity index is 502. The first kappa shape index (κ1) is 22.0. The molecule has 0 aliphatic carbocycles. The van der Waals surface area contributed by atoms with Gasteiger partial charge in [0.15, 0.2) is 0 Å². The van der Waals surface area contributed by atoms with Crippen LogP contribution in [0.15, 0.2) is 11.6 Å². The molecule has 25 heavy (non-hydrogen) atoms. The molecule has 0 unspecified atom stereocenters. The summed E-state index contributed by atoms with van der Waals surface area (Å²) in [6.45, 7) is 17.8. The molecule has 146 valence electrons. The van der Waals surface area contributed by atoms with Gasteiger partial charge in [0.05, 0.1) is 6.04 Å². The van der Waals surface area contributed by atoms with E-state index in [1.54, 1.807) is 4.90 Å². The summed E-state index contributed by atoms with van der Waals surface area (Å²) in [5.74, 6) is 0. The highest BCUT2D eigenvalue weighted by Gasteiger charge is 2.52. The molecule has 1 fully saturated rings. The standard InChI is InChI=1S/C20H37NO4/c1-10-14(2)16-15(13-19(6,7)11-12-22)21(20(8,9)24-16)17(23)25-18(3,4)5/h10,15-16,22H,11-13H2,1-9H3/t15-,16-/m0/s1. The molecule has 0 aromatic carbocycles. The third-order valence-electron chi connectivity index (χ3n) is 4.72. The molecule has 1 saturated heterocycles. The number of amides is 1. The molecule has 1 amide bonds. The Balaban J connectivity index is 3.24. The van der Waals surface area contributed by atoms with Crippen molar-refractivity contribution in [2.45, 2.75) is 98.6 Å². The van der Waals surface area contributed by atoms with Crippen molar-refractivity contribution < 1.29 is 19.4 Å². The molecule has 0 bridgehead atoms. The Kier molecular flexibility index (Phi) is 6.74. The zero-order valence-corrected chi connectivity index (χ0v) is 17.5. The predicted octanol–water partition coefficient (Wildman–Crippen LogP) is 4.49. The Labute approximate surface area is 153 Å². The minimum Gasteiger partial charge on any atom is -0.444 e. The second-order valence-electron chi connectivity index (χ2n) is 9.28. The van der Waals surface area contributed by atoms with Gasteiger partial charge in [-0.2, -0.15) is 0 Å². The Morgan fingerprint density at radius 2 is 1.84 bits per heavy atom. The maximum atomic E-state index is 12.9. The van der Waals surface area contributed by atoms with E-state index < -0.39 is 11.3 Å². The van der Waals surface area contributed by atoms with E-state index in [2.05, 4.69) is 13.8 Å². The van der Waals surface area contributed by atoms with Crippen molar-refractivity contribution in [3.05, 3.63) is 11.6 Å². The summed E-state index contributed by atoms with van der Waals surface area (Å²) >= 11 is 0. The second kappa shape index (κ2) is 7.67. The number of hydrogen-bond acceptors (Lipinski definition) is 4. The van der Waals surface area contributed by atoms with E-state index in [-0.39, 0.29) is 30.3 Å². The smallest absolute Gasteiger partial charge is 0.412 e. The molecule has 1 aliphatic heterocycles. The molecular weight excluding hydrogens is 318 g/mol. The fraction of sp³-hybridized carbons (Fsp3) is 0.850. The van der Waals surface area contributed by atoms with Crippen LogP contribution >= 0.6 is 0 Å². The molecule has 0 radical (unpaired) electrons. The molecule has 2 atom stereocenters. The van der Waals surface area contributed by atoms with Crippen molar-refractivity contribution in [1.29, 1.82) is 0 Å². The zero-order chi connectivity index (χ0) is 19.6. The number of ether oxygens (including phenoxy) is 2. The van der Waals surface area contributed by atoms with E-state index in [1.165, 1.54) is 0 Å². The van der Waals surface area contributed by atoms with Gasteiger partial charge in [-0.05, 0) is 72.3 Å². The summed E-state index contributed by atoms with van der Waals surface area (Å²) in [7, 11) is 0. The number of nitrogens with zero attached hydrogens (tertiary/aromatic N) is 1. The van der Waals surface area contributed by atoms with Gasteiger partial charge in [-0.25, -0.2) is 4.79 Å². The fourth-order valence-corrected chi connectivity index (χ4v) is 3.38. The molecule has 1 aliphatic rings. The van der Waals surface area contributed by atoms with Crippen LogP contribution in [0.2, 0.25) is 0 Å². The van der Waals surface area contributed by atoms with Crippen molar-refractivity contribution >= 4 is 6.09 Å². The van der Waals surface area contributed by atoms with Crippen LogP contribution in [-0.4, -0.2) is 46.2 Å². The highest BCUT2D eigenvalue weighted by Crippen LogP contribution is 2.42. The van der Waals surface area contributed by atoms with Gasteiger partial charge < -0.3 is 14.6 Å². The molecule has 1 N–H and O–H groups in total. The van der Waals surface area contributed by atoms with E-state index in [0.29, 0.717) is 6.42 Å². The van der Waals surface area contributed by atoms with Crippen LogP contribution in [0.4, 0.5) is 4.79 Å². The van der Waals surface area contributed by atoms with Crippen LogP contribution in [-0.2, 0) is 9.47 Å². The summed E-state index contributed by atoms with van der Waals surface area (Å²) in [5.41, 5.74) is -0.331. The van der Waals surface area contributed by atoms with Gasteiger partial charge in [-0.1, -0.05) is 19.9 Å². The van der Waals surface area contributed by atoms with Crippen molar-refractivity contribution in [3.8, 4) is 0 Å². The van der Waals surface area contributed by atoms with E-state index in [9.17, 15) is 9.90 Å². The van der Waals surface area contributed by atoms with Crippen molar-refractivity contribution in [2.75, 3.05) is 6.61 Å². The van der Waals surface area contributed by atoms with E-state index in [1.807, 2.05) is 54.5 Å². The Morgan fingerprint density at radius 1 is 1.28 bits per heavy atom. The zero-order valence-electron chi connectivity index (χ0n) is 17.5. The van der Waals surface area contributed by atoms with Gasteiger partial charge >= 0.3 is 6.09 Å². The van der Waals surface area contributed by atoms with Crippen LogP contribution < -0.4 is 0 Å². The maximum absolute atomic E-state index is 12.9. The van der Waals surface area contributed by atoms with E-state index in [0.717, 1.165) is 12.0 Å². The van der Waals surface area contributed by atoms with E-state index >= 15 is 0 Å². The first-order valence-corrected chi connectivity index (χ1v) is 9.18. The van der Waals surface area contributed by atoms with Crippen molar-refractivity contribution in [2.24, 2.45) is 5.41 Å². The second-order valence-corrected chi connectivity index (χ2v) is 9.28. The molecule has 0 aromatic heterocycles. The highest BCUT2D eigenvalue weighted by molar-refractivity contribution is 5.70. The lowest BCUT2D eigenvalue weighted by atomic mass is 9.80. The van der Waals surface area contributed by atoms with Crippen LogP contribution in [0.3, 0.4) is 0 Å². The Morgan fingerprint density at radius 3 is 2.28 bits per heavy atom. The number of rotatable bonds is 5.